The minimum absolute atomic E-state index is 0.0388. The molecule has 2 aliphatic rings. The largest absolute Gasteiger partial charge is 0.506 e. The first-order chi connectivity index (χ1) is 10.2. The summed E-state index contributed by atoms with van der Waals surface area (Å²) < 4.78 is 40.9. The summed E-state index contributed by atoms with van der Waals surface area (Å²) in [6.45, 7) is 1.31. The number of nitrogens with two attached hydrogens (primary N) is 1. The predicted octanol–water partition coefficient (Wildman–Crippen LogP) is 0.0893. The molecular formula is C13H16FN3O4S. The molecule has 1 aromatic carbocycles. The summed E-state index contributed by atoms with van der Waals surface area (Å²) in [5.41, 5.74) is 6.32. The van der Waals surface area contributed by atoms with Gasteiger partial charge in [0.2, 0.25) is 0 Å². The van der Waals surface area contributed by atoms with E-state index < -0.39 is 39.9 Å². The number of hydrogen-bond donors (Lipinski definition) is 3. The van der Waals surface area contributed by atoms with E-state index in [0.717, 1.165) is 0 Å². The number of nitrogens with zero attached hydrogens (tertiary/aromatic N) is 1. The molecule has 2 atom stereocenters. The molecule has 0 unspecified atom stereocenters. The number of fused-ring (bicyclic) bond motifs is 1. The topological polar surface area (TPSA) is 113 Å². The number of phenols is 1. The van der Waals surface area contributed by atoms with E-state index in [0.29, 0.717) is 21.9 Å². The minimum Gasteiger partial charge on any atom is -0.506 e. The Morgan fingerprint density at radius 2 is 2.18 bits per heavy atom. The number of hydrogen-bond acceptors (Lipinski definition) is 5. The van der Waals surface area contributed by atoms with Gasteiger partial charge in [0.25, 0.3) is 5.91 Å². The zero-order valence-electron chi connectivity index (χ0n) is 11.8. The van der Waals surface area contributed by atoms with E-state index in [1.165, 1.54) is 6.07 Å². The normalized spacial score (nSPS) is 26.7. The Labute approximate surface area is 127 Å². The van der Waals surface area contributed by atoms with Gasteiger partial charge in [-0.25, -0.2) is 13.4 Å². The molecule has 1 aliphatic carbocycles. The van der Waals surface area contributed by atoms with Gasteiger partial charge < -0.3 is 10.8 Å². The highest BCUT2D eigenvalue weighted by atomic mass is 32.2. The summed E-state index contributed by atoms with van der Waals surface area (Å²) in [6, 6.07) is 1.13. The first kappa shape index (κ1) is 15.0. The van der Waals surface area contributed by atoms with Crippen molar-refractivity contribution in [2.24, 2.45) is 5.73 Å². The van der Waals surface area contributed by atoms with Crippen LogP contribution < -0.4 is 14.8 Å². The van der Waals surface area contributed by atoms with Gasteiger partial charge in [-0.3, -0.25) is 4.79 Å². The van der Waals surface area contributed by atoms with Crippen LogP contribution in [0.15, 0.2) is 6.07 Å². The molecule has 0 radical (unpaired) electrons. The Hall–Kier alpha value is -1.87. The van der Waals surface area contributed by atoms with Crippen molar-refractivity contribution < 1.29 is 22.7 Å². The predicted molar refractivity (Wildman–Crippen MR) is 77.2 cm³/mol. The van der Waals surface area contributed by atoms with Gasteiger partial charge in [-0.1, -0.05) is 6.92 Å². The standard InChI is InChI=1S/C13H16FN3O4S/c1-6-2-7(15)3-9-8(6)4-10(18)13(12(9)14)17-5-11(19)16-22(17,20)21/h4,6-7,18H,2-3,5,15H2,1H3,(H,16,19)/t6-,7-/m1/s1. The van der Waals surface area contributed by atoms with Crippen molar-refractivity contribution in [2.75, 3.05) is 10.8 Å². The maximum absolute atomic E-state index is 14.8. The number of benzene rings is 1. The number of halogens is 1. The van der Waals surface area contributed by atoms with Crippen LogP contribution in [0, 0.1) is 5.82 Å². The lowest BCUT2D eigenvalue weighted by Gasteiger charge is -2.29. The van der Waals surface area contributed by atoms with Crippen LogP contribution in [0.2, 0.25) is 0 Å². The fraction of sp³-hybridized carbons (Fsp3) is 0.462. The second kappa shape index (κ2) is 4.82. The molecule has 1 amide bonds. The van der Waals surface area contributed by atoms with Crippen LogP contribution in [-0.4, -0.2) is 32.0 Å². The SMILES string of the molecule is C[C@@H]1C[C@@H](N)Cc2c1cc(O)c(N1CC(=O)NS1(=O)=O)c2F. The van der Waals surface area contributed by atoms with E-state index in [4.69, 9.17) is 5.73 Å². The van der Waals surface area contributed by atoms with Crippen LogP contribution in [0.4, 0.5) is 10.1 Å². The smallest absolute Gasteiger partial charge is 0.326 e. The zero-order valence-corrected chi connectivity index (χ0v) is 12.7. The molecule has 0 saturated carbocycles. The average molecular weight is 329 g/mol. The van der Waals surface area contributed by atoms with E-state index in [-0.39, 0.29) is 18.4 Å². The van der Waals surface area contributed by atoms with Gasteiger partial charge in [-0.15, -0.1) is 0 Å². The molecule has 3 rings (SSSR count). The van der Waals surface area contributed by atoms with Crippen LogP contribution in [0.1, 0.15) is 30.4 Å². The maximum atomic E-state index is 14.8. The zero-order chi connectivity index (χ0) is 16.2. The third-order valence-electron chi connectivity index (χ3n) is 4.08. The van der Waals surface area contributed by atoms with E-state index in [9.17, 15) is 22.7 Å². The summed E-state index contributed by atoms with van der Waals surface area (Å²) >= 11 is 0. The first-order valence-electron chi connectivity index (χ1n) is 6.84. The fourth-order valence-corrected chi connectivity index (χ4v) is 4.31. The molecular weight excluding hydrogens is 313 g/mol. The molecule has 120 valence electrons. The number of aromatic hydroxyl groups is 1. The third-order valence-corrected chi connectivity index (χ3v) is 5.46. The van der Waals surface area contributed by atoms with Gasteiger partial charge in [-0.2, -0.15) is 8.42 Å². The molecule has 1 heterocycles. The van der Waals surface area contributed by atoms with E-state index >= 15 is 0 Å². The highest BCUT2D eigenvalue weighted by Gasteiger charge is 2.39. The number of amides is 1. The van der Waals surface area contributed by atoms with Crippen LogP contribution in [0.3, 0.4) is 0 Å². The van der Waals surface area contributed by atoms with Gasteiger partial charge in [0, 0.05) is 6.04 Å². The van der Waals surface area contributed by atoms with E-state index in [2.05, 4.69) is 0 Å². The molecule has 0 aromatic heterocycles. The van der Waals surface area contributed by atoms with Crippen molar-refractivity contribution in [3.63, 3.8) is 0 Å². The van der Waals surface area contributed by atoms with Crippen molar-refractivity contribution in [3.05, 3.63) is 23.0 Å². The summed E-state index contributed by atoms with van der Waals surface area (Å²) in [6.07, 6.45) is 0.918. The first-order valence-corrected chi connectivity index (χ1v) is 8.28. The molecule has 4 N–H and O–H groups in total. The minimum atomic E-state index is -4.19. The van der Waals surface area contributed by atoms with Crippen molar-refractivity contribution >= 4 is 21.8 Å². The summed E-state index contributed by atoms with van der Waals surface area (Å²) in [4.78, 5) is 11.3. The van der Waals surface area contributed by atoms with Crippen molar-refractivity contribution in [1.29, 1.82) is 0 Å². The quantitative estimate of drug-likeness (QED) is 0.676. The number of carbonyl (C=O) groups excluding carboxylic acids is 1. The Morgan fingerprint density at radius 3 is 2.77 bits per heavy atom. The average Bonchev–Trinajstić information content (AvgIpc) is 2.64. The number of rotatable bonds is 1. The molecule has 1 saturated heterocycles. The molecule has 1 aliphatic heterocycles. The van der Waals surface area contributed by atoms with Crippen LogP contribution in [-0.2, 0) is 21.4 Å². The Bertz CT molecular complexity index is 765. The molecule has 7 nitrogen and oxygen atoms in total. The van der Waals surface area contributed by atoms with Gasteiger partial charge in [0.1, 0.15) is 18.0 Å². The van der Waals surface area contributed by atoms with Crippen LogP contribution >= 0.6 is 0 Å². The summed E-state index contributed by atoms with van der Waals surface area (Å²) in [5.74, 6) is -2.15. The van der Waals surface area contributed by atoms with Crippen molar-refractivity contribution in [2.45, 2.75) is 31.7 Å². The van der Waals surface area contributed by atoms with E-state index in [1.54, 1.807) is 4.72 Å². The fourth-order valence-electron chi connectivity index (χ4n) is 3.14. The lowest BCUT2D eigenvalue weighted by atomic mass is 9.80. The number of anilines is 1. The van der Waals surface area contributed by atoms with Crippen molar-refractivity contribution in [1.82, 2.24) is 4.72 Å². The third kappa shape index (κ3) is 2.20. The number of nitrogens with one attached hydrogen (secondary N) is 1. The monoisotopic (exact) mass is 329 g/mol. The Kier molecular flexibility index (Phi) is 3.29. The van der Waals surface area contributed by atoms with Crippen LogP contribution in [0.5, 0.6) is 5.75 Å². The van der Waals surface area contributed by atoms with Gasteiger partial charge >= 0.3 is 10.2 Å². The Balaban J connectivity index is 2.19. The molecule has 9 heteroatoms. The molecule has 22 heavy (non-hydrogen) atoms. The molecule has 0 spiro atoms. The lowest BCUT2D eigenvalue weighted by molar-refractivity contribution is -0.117. The van der Waals surface area contributed by atoms with Crippen molar-refractivity contribution in [3.8, 4) is 5.75 Å². The van der Waals surface area contributed by atoms with Gasteiger partial charge in [0.15, 0.2) is 5.82 Å². The highest BCUT2D eigenvalue weighted by molar-refractivity contribution is 7.92. The molecule has 1 fully saturated rings. The second-order valence-corrected chi connectivity index (χ2v) is 7.36. The lowest BCUT2D eigenvalue weighted by Crippen LogP contribution is -2.33. The van der Waals surface area contributed by atoms with E-state index in [1.807, 2.05) is 6.92 Å². The highest BCUT2D eigenvalue weighted by Crippen LogP contribution is 2.42. The summed E-state index contributed by atoms with van der Waals surface area (Å²) in [7, 11) is -4.19. The molecule has 1 aromatic rings. The van der Waals surface area contributed by atoms with Gasteiger partial charge in [-0.05, 0) is 36.0 Å². The Morgan fingerprint density at radius 1 is 1.50 bits per heavy atom. The second-order valence-electron chi connectivity index (χ2n) is 5.76. The van der Waals surface area contributed by atoms with Gasteiger partial charge in [0.05, 0.1) is 0 Å². The number of phenolic OH excluding ortho intramolecular Hbond substituents is 1. The maximum Gasteiger partial charge on any atom is 0.326 e. The number of carbonyl (C=O) groups is 1. The summed E-state index contributed by atoms with van der Waals surface area (Å²) in [5, 5.41) is 10.1. The van der Waals surface area contributed by atoms with Crippen LogP contribution in [0.25, 0.3) is 0 Å². The molecule has 0 bridgehead atoms.